The molecule has 10 heteroatoms. The smallest absolute Gasteiger partial charge is 0.365 e. The van der Waals surface area contributed by atoms with Gasteiger partial charge in [-0.15, -0.1) is 0 Å². The third-order valence-electron chi connectivity index (χ3n) is 9.06. The molecule has 4 aromatic rings. The zero-order valence-electron chi connectivity index (χ0n) is 24.2. The Morgan fingerprint density at radius 2 is 1.90 bits per heavy atom. The van der Waals surface area contributed by atoms with Gasteiger partial charge in [-0.05, 0) is 86.3 Å². The molecule has 40 heavy (non-hydrogen) atoms. The van der Waals surface area contributed by atoms with Crippen LogP contribution in [0.3, 0.4) is 0 Å². The predicted octanol–water partition coefficient (Wildman–Crippen LogP) is 6.17. The summed E-state index contributed by atoms with van der Waals surface area (Å²) in [6, 6.07) is 4.44. The SMILES string of the molecule is CC(C)c1ccnc(-c2nc3nc(-c4noc(=O)[nH]4)nc(N[C@H](C)C4CCC4)c3n2CC2CCC(C)(C)CC2)c1. The quantitative estimate of drug-likeness (QED) is 0.269. The van der Waals surface area contributed by atoms with E-state index in [-0.39, 0.29) is 17.7 Å². The van der Waals surface area contributed by atoms with Gasteiger partial charge in [0, 0.05) is 18.8 Å². The van der Waals surface area contributed by atoms with Gasteiger partial charge in [-0.1, -0.05) is 39.3 Å². The van der Waals surface area contributed by atoms with Crippen molar-refractivity contribution < 1.29 is 4.52 Å². The number of pyridine rings is 1. The Morgan fingerprint density at radius 3 is 2.55 bits per heavy atom. The second-order valence-corrected chi connectivity index (χ2v) is 12.9. The van der Waals surface area contributed by atoms with Gasteiger partial charge < -0.3 is 9.88 Å². The van der Waals surface area contributed by atoms with Crippen molar-refractivity contribution in [3.05, 3.63) is 34.4 Å². The molecule has 2 fully saturated rings. The molecule has 1 atom stereocenters. The van der Waals surface area contributed by atoms with Crippen LogP contribution in [0.4, 0.5) is 5.82 Å². The lowest BCUT2D eigenvalue weighted by Gasteiger charge is -2.35. The van der Waals surface area contributed by atoms with E-state index in [4.69, 9.17) is 24.5 Å². The van der Waals surface area contributed by atoms with Crippen molar-refractivity contribution >= 4 is 17.0 Å². The summed E-state index contributed by atoms with van der Waals surface area (Å²) in [5.74, 6) is 2.83. The van der Waals surface area contributed by atoms with E-state index in [2.05, 4.69) is 66.8 Å². The van der Waals surface area contributed by atoms with Crippen LogP contribution in [0.1, 0.15) is 91.0 Å². The molecule has 0 aromatic carbocycles. The van der Waals surface area contributed by atoms with Crippen molar-refractivity contribution in [2.75, 3.05) is 5.32 Å². The number of aromatic amines is 1. The van der Waals surface area contributed by atoms with Gasteiger partial charge in [0.15, 0.2) is 17.3 Å². The van der Waals surface area contributed by atoms with Crippen molar-refractivity contribution in [2.24, 2.45) is 17.3 Å². The Hall–Kier alpha value is -3.56. The molecule has 2 saturated carbocycles. The highest BCUT2D eigenvalue weighted by molar-refractivity contribution is 5.88. The topological polar surface area (TPSA) is 127 Å². The van der Waals surface area contributed by atoms with Crippen molar-refractivity contribution in [1.29, 1.82) is 0 Å². The monoisotopic (exact) mass is 544 g/mol. The molecule has 2 aliphatic carbocycles. The van der Waals surface area contributed by atoms with Crippen LogP contribution in [0.5, 0.6) is 0 Å². The molecule has 0 bridgehead atoms. The maximum Gasteiger partial charge on any atom is 0.439 e. The Balaban J connectivity index is 1.51. The molecule has 2 N–H and O–H groups in total. The number of imidazole rings is 1. The molecule has 4 heterocycles. The van der Waals surface area contributed by atoms with Crippen LogP contribution in [-0.2, 0) is 6.54 Å². The predicted molar refractivity (Wildman–Crippen MR) is 155 cm³/mol. The lowest BCUT2D eigenvalue weighted by atomic mass is 9.73. The van der Waals surface area contributed by atoms with Crippen LogP contribution < -0.4 is 11.1 Å². The average Bonchev–Trinajstić information content (AvgIpc) is 3.48. The minimum Gasteiger partial charge on any atom is -0.365 e. The first-order chi connectivity index (χ1) is 19.2. The van der Waals surface area contributed by atoms with Crippen LogP contribution in [-0.4, -0.2) is 40.7 Å². The fourth-order valence-electron chi connectivity index (χ4n) is 6.04. The molecule has 2 aliphatic rings. The molecule has 0 aliphatic heterocycles. The molecular weight excluding hydrogens is 504 g/mol. The zero-order chi connectivity index (χ0) is 28.0. The summed E-state index contributed by atoms with van der Waals surface area (Å²) in [5.41, 5.74) is 3.86. The Labute approximate surface area is 234 Å². The van der Waals surface area contributed by atoms with E-state index in [0.717, 1.165) is 23.6 Å². The number of fused-ring (bicyclic) bond motifs is 1. The normalized spacial score (nSPS) is 18.8. The van der Waals surface area contributed by atoms with Crippen LogP contribution in [0.2, 0.25) is 0 Å². The number of hydrogen-bond acceptors (Lipinski definition) is 8. The molecule has 0 amide bonds. The Morgan fingerprint density at radius 1 is 1.12 bits per heavy atom. The first-order valence-electron chi connectivity index (χ1n) is 14.7. The molecule has 10 nitrogen and oxygen atoms in total. The van der Waals surface area contributed by atoms with Crippen LogP contribution in [0.15, 0.2) is 27.6 Å². The molecule has 0 unspecified atom stereocenters. The van der Waals surface area contributed by atoms with Gasteiger partial charge in [0.2, 0.25) is 11.6 Å². The first kappa shape index (κ1) is 26.7. The summed E-state index contributed by atoms with van der Waals surface area (Å²) < 4.78 is 7.06. The summed E-state index contributed by atoms with van der Waals surface area (Å²) in [7, 11) is 0. The summed E-state index contributed by atoms with van der Waals surface area (Å²) in [4.78, 5) is 33.9. The molecule has 0 radical (unpaired) electrons. The minimum absolute atomic E-state index is 0.191. The Kier molecular flexibility index (Phi) is 6.96. The molecule has 0 saturated heterocycles. The zero-order valence-corrected chi connectivity index (χ0v) is 24.2. The number of anilines is 1. The lowest BCUT2D eigenvalue weighted by molar-refractivity contribution is 0.180. The van der Waals surface area contributed by atoms with Gasteiger partial charge in [-0.2, -0.15) is 0 Å². The van der Waals surface area contributed by atoms with Crippen molar-refractivity contribution in [3.63, 3.8) is 0 Å². The van der Waals surface area contributed by atoms with Crippen LogP contribution in [0.25, 0.3) is 34.3 Å². The van der Waals surface area contributed by atoms with E-state index in [1.165, 1.54) is 50.5 Å². The third kappa shape index (κ3) is 5.28. The third-order valence-corrected chi connectivity index (χ3v) is 9.06. The maximum atomic E-state index is 11.7. The van der Waals surface area contributed by atoms with E-state index in [9.17, 15) is 4.79 Å². The van der Waals surface area contributed by atoms with Crippen LogP contribution in [0, 0.1) is 17.3 Å². The summed E-state index contributed by atoms with van der Waals surface area (Å²) in [6.07, 6.45) is 10.3. The maximum absolute atomic E-state index is 11.7. The molecular formula is C30H40N8O2. The number of rotatable bonds is 8. The van der Waals surface area contributed by atoms with E-state index >= 15 is 0 Å². The van der Waals surface area contributed by atoms with E-state index < -0.39 is 5.76 Å². The van der Waals surface area contributed by atoms with E-state index in [0.29, 0.717) is 34.6 Å². The van der Waals surface area contributed by atoms with Gasteiger partial charge in [-0.25, -0.2) is 19.7 Å². The van der Waals surface area contributed by atoms with E-state index in [1.807, 2.05) is 6.20 Å². The second-order valence-electron chi connectivity index (χ2n) is 12.9. The average molecular weight is 545 g/mol. The number of H-pyrrole nitrogens is 1. The summed E-state index contributed by atoms with van der Waals surface area (Å²) in [6.45, 7) is 12.2. The van der Waals surface area contributed by atoms with Crippen molar-refractivity contribution in [3.8, 4) is 23.2 Å². The van der Waals surface area contributed by atoms with Gasteiger partial charge in [0.25, 0.3) is 0 Å². The highest BCUT2D eigenvalue weighted by Gasteiger charge is 2.31. The molecule has 212 valence electrons. The van der Waals surface area contributed by atoms with E-state index in [1.54, 1.807) is 0 Å². The summed E-state index contributed by atoms with van der Waals surface area (Å²) in [5, 5.41) is 7.56. The standard InChI is InChI=1S/C30H40N8O2/c1-17(2)21-11-14-31-22(15-21)28-35-25-23(38(28)16-19-9-12-30(4,5)13-10-19)24(32-18(3)20-7-6-8-20)33-26(34-25)27-36-29(39)40-37-27/h11,14-15,17-20H,6-10,12-13,16H2,1-5H3,(H,32,33,34)(H,36,37,39)/t18-/m1/s1. The fraction of sp³-hybridized carbons (Fsp3) is 0.600. The first-order valence-corrected chi connectivity index (χ1v) is 14.7. The number of nitrogens with one attached hydrogen (secondary N) is 2. The molecule has 4 aromatic heterocycles. The van der Waals surface area contributed by atoms with Crippen molar-refractivity contribution in [1.82, 2.24) is 34.6 Å². The number of nitrogens with zero attached hydrogens (tertiary/aromatic N) is 6. The minimum atomic E-state index is -0.641. The largest absolute Gasteiger partial charge is 0.439 e. The van der Waals surface area contributed by atoms with Gasteiger partial charge in [-0.3, -0.25) is 14.5 Å². The fourth-order valence-corrected chi connectivity index (χ4v) is 6.04. The van der Waals surface area contributed by atoms with Crippen LogP contribution >= 0.6 is 0 Å². The highest BCUT2D eigenvalue weighted by Crippen LogP contribution is 2.40. The lowest BCUT2D eigenvalue weighted by Crippen LogP contribution is -2.31. The number of aromatic nitrogens is 7. The highest BCUT2D eigenvalue weighted by atomic mass is 16.5. The Bertz CT molecular complexity index is 1550. The molecule has 0 spiro atoms. The second kappa shape index (κ2) is 10.4. The van der Waals surface area contributed by atoms with Crippen molar-refractivity contribution in [2.45, 2.75) is 98.1 Å². The van der Waals surface area contributed by atoms with Gasteiger partial charge in [0.05, 0.1) is 0 Å². The van der Waals surface area contributed by atoms with Gasteiger partial charge >= 0.3 is 5.76 Å². The van der Waals surface area contributed by atoms with Gasteiger partial charge in [0.1, 0.15) is 11.2 Å². The number of hydrogen-bond donors (Lipinski definition) is 2. The summed E-state index contributed by atoms with van der Waals surface area (Å²) >= 11 is 0. The molecule has 6 rings (SSSR count).